The van der Waals surface area contributed by atoms with Gasteiger partial charge in [0.2, 0.25) is 5.78 Å². The Hall–Kier alpha value is -1.23. The van der Waals surface area contributed by atoms with Crippen molar-refractivity contribution in [3.8, 4) is 0 Å². The van der Waals surface area contributed by atoms with Crippen LogP contribution in [0.15, 0.2) is 6.33 Å². The molecule has 1 atom stereocenters. The highest BCUT2D eigenvalue weighted by molar-refractivity contribution is 5.94. The number of carbonyl (C=O) groups is 1. The molecular formula is C11H15N3O2. The van der Waals surface area contributed by atoms with Crippen LogP contribution in [0, 0.1) is 5.92 Å². The van der Waals surface area contributed by atoms with Crippen LogP contribution in [0.2, 0.25) is 0 Å². The normalized spacial score (nSPS) is 27.6. The van der Waals surface area contributed by atoms with Crippen molar-refractivity contribution in [1.29, 1.82) is 0 Å². The molecule has 0 amide bonds. The van der Waals surface area contributed by atoms with Gasteiger partial charge in [-0.2, -0.15) is 5.10 Å². The molecule has 1 unspecified atom stereocenters. The number of Topliss-reactive ketones (excluding diaryl/α,β-unsaturated/α-hetero) is 1. The van der Waals surface area contributed by atoms with Gasteiger partial charge in [-0.05, 0) is 32.1 Å². The fourth-order valence-electron chi connectivity index (χ4n) is 2.69. The molecule has 1 aliphatic carbocycles. The number of carbonyl (C=O) groups excluding carboxylic acids is 1. The van der Waals surface area contributed by atoms with Gasteiger partial charge in [0.25, 0.3) is 0 Å². The lowest BCUT2D eigenvalue weighted by Gasteiger charge is -2.46. The highest BCUT2D eigenvalue weighted by Crippen LogP contribution is 2.44. The van der Waals surface area contributed by atoms with E-state index in [4.69, 9.17) is 4.74 Å². The Kier molecular flexibility index (Phi) is 2.28. The average molecular weight is 221 g/mol. The van der Waals surface area contributed by atoms with Crippen LogP contribution in [0.3, 0.4) is 0 Å². The van der Waals surface area contributed by atoms with Gasteiger partial charge in [0.1, 0.15) is 6.33 Å². The third-order valence-electron chi connectivity index (χ3n) is 3.78. The third kappa shape index (κ3) is 1.55. The number of nitrogens with one attached hydrogen (secondary N) is 1. The van der Waals surface area contributed by atoms with Crippen LogP contribution in [0.5, 0.6) is 0 Å². The van der Waals surface area contributed by atoms with Crippen molar-refractivity contribution < 1.29 is 9.53 Å². The SMILES string of the molecule is O=C(c1ncn[nH]1)C1CCOC2(CCC2)C1. The van der Waals surface area contributed by atoms with Crippen LogP contribution in [0.4, 0.5) is 0 Å². The average Bonchev–Trinajstić information content (AvgIpc) is 2.79. The standard InChI is InChI=1S/C11H15N3O2/c15-9(10-12-7-13-14-10)8-2-5-16-11(6-8)3-1-4-11/h7-8H,1-6H2,(H,12,13,14). The molecule has 1 saturated carbocycles. The van der Waals surface area contributed by atoms with E-state index in [-0.39, 0.29) is 17.3 Å². The van der Waals surface area contributed by atoms with Gasteiger partial charge in [0, 0.05) is 12.5 Å². The van der Waals surface area contributed by atoms with E-state index in [0.29, 0.717) is 12.4 Å². The minimum atomic E-state index is 0.0125. The molecule has 1 N–H and O–H groups in total. The lowest BCUT2D eigenvalue weighted by Crippen LogP contribution is -2.47. The first kappa shape index (κ1) is 9.96. The molecule has 0 radical (unpaired) electrons. The Bertz CT molecular complexity index is 384. The van der Waals surface area contributed by atoms with Gasteiger partial charge in [-0.1, -0.05) is 0 Å². The Labute approximate surface area is 93.6 Å². The lowest BCUT2D eigenvalue weighted by molar-refractivity contribution is -0.137. The fourth-order valence-corrected chi connectivity index (χ4v) is 2.69. The third-order valence-corrected chi connectivity index (χ3v) is 3.78. The molecule has 1 aromatic heterocycles. The Morgan fingerprint density at radius 3 is 3.06 bits per heavy atom. The van der Waals surface area contributed by atoms with Gasteiger partial charge in [0.15, 0.2) is 5.82 Å². The summed E-state index contributed by atoms with van der Waals surface area (Å²) < 4.78 is 5.80. The van der Waals surface area contributed by atoms with E-state index in [9.17, 15) is 4.79 Å². The van der Waals surface area contributed by atoms with E-state index in [2.05, 4.69) is 15.2 Å². The number of rotatable bonds is 2. The quantitative estimate of drug-likeness (QED) is 0.765. The monoisotopic (exact) mass is 221 g/mol. The molecular weight excluding hydrogens is 206 g/mol. The Morgan fingerprint density at radius 1 is 1.56 bits per heavy atom. The molecule has 2 aliphatic rings. The highest BCUT2D eigenvalue weighted by atomic mass is 16.5. The van der Waals surface area contributed by atoms with E-state index in [1.165, 1.54) is 12.7 Å². The van der Waals surface area contributed by atoms with Gasteiger partial charge in [-0.25, -0.2) is 4.98 Å². The number of nitrogens with zero attached hydrogens (tertiary/aromatic N) is 2. The molecule has 0 aromatic carbocycles. The summed E-state index contributed by atoms with van der Waals surface area (Å²) in [6, 6.07) is 0. The summed E-state index contributed by atoms with van der Waals surface area (Å²) in [7, 11) is 0. The number of aromatic amines is 1. The molecule has 1 spiro atoms. The molecule has 3 rings (SSSR count). The van der Waals surface area contributed by atoms with E-state index >= 15 is 0 Å². The second-order valence-corrected chi connectivity index (χ2v) is 4.77. The van der Waals surface area contributed by atoms with Gasteiger partial charge >= 0.3 is 0 Å². The predicted octanol–water partition coefficient (Wildman–Crippen LogP) is 1.34. The van der Waals surface area contributed by atoms with Gasteiger partial charge in [-0.3, -0.25) is 9.89 Å². The van der Waals surface area contributed by atoms with E-state index in [1.807, 2.05) is 0 Å². The van der Waals surface area contributed by atoms with Crippen molar-refractivity contribution in [1.82, 2.24) is 15.2 Å². The highest BCUT2D eigenvalue weighted by Gasteiger charge is 2.44. The second-order valence-electron chi connectivity index (χ2n) is 4.77. The molecule has 2 fully saturated rings. The second kappa shape index (κ2) is 3.66. The summed E-state index contributed by atoms with van der Waals surface area (Å²) in [4.78, 5) is 16.0. The zero-order valence-corrected chi connectivity index (χ0v) is 9.11. The minimum absolute atomic E-state index is 0.0125. The zero-order chi connectivity index (χ0) is 11.0. The van der Waals surface area contributed by atoms with E-state index in [1.54, 1.807) is 0 Å². The largest absolute Gasteiger partial charge is 0.375 e. The zero-order valence-electron chi connectivity index (χ0n) is 9.11. The molecule has 0 bridgehead atoms. The number of ketones is 1. The molecule has 1 aliphatic heterocycles. The number of hydrogen-bond donors (Lipinski definition) is 1. The van der Waals surface area contributed by atoms with Gasteiger partial charge in [0.05, 0.1) is 5.60 Å². The summed E-state index contributed by atoms with van der Waals surface area (Å²) >= 11 is 0. The smallest absolute Gasteiger partial charge is 0.202 e. The maximum Gasteiger partial charge on any atom is 0.202 e. The summed E-state index contributed by atoms with van der Waals surface area (Å²) in [5.74, 6) is 0.537. The first-order valence-electron chi connectivity index (χ1n) is 5.83. The maximum absolute atomic E-state index is 12.1. The number of hydrogen-bond acceptors (Lipinski definition) is 4. The first-order valence-corrected chi connectivity index (χ1v) is 5.83. The fraction of sp³-hybridized carbons (Fsp3) is 0.727. The van der Waals surface area contributed by atoms with Crippen molar-refractivity contribution >= 4 is 5.78 Å². The summed E-state index contributed by atoms with van der Waals surface area (Å²) in [6.45, 7) is 0.699. The molecule has 5 nitrogen and oxygen atoms in total. The van der Waals surface area contributed by atoms with Crippen molar-refractivity contribution in [3.05, 3.63) is 12.2 Å². The van der Waals surface area contributed by atoms with E-state index < -0.39 is 0 Å². The van der Waals surface area contributed by atoms with Crippen LogP contribution in [-0.2, 0) is 4.74 Å². The number of aromatic nitrogens is 3. The molecule has 16 heavy (non-hydrogen) atoms. The van der Waals surface area contributed by atoms with Crippen molar-refractivity contribution in [2.45, 2.75) is 37.7 Å². The summed E-state index contributed by atoms with van der Waals surface area (Å²) in [6.07, 6.45) is 6.48. The number of ether oxygens (including phenoxy) is 1. The van der Waals surface area contributed by atoms with Crippen molar-refractivity contribution in [3.63, 3.8) is 0 Å². The topological polar surface area (TPSA) is 67.9 Å². The summed E-state index contributed by atoms with van der Waals surface area (Å²) in [5.41, 5.74) is 0.0125. The Morgan fingerprint density at radius 2 is 2.44 bits per heavy atom. The Balaban J connectivity index is 1.73. The molecule has 1 aromatic rings. The predicted molar refractivity (Wildman–Crippen MR) is 56.0 cm³/mol. The number of H-pyrrole nitrogens is 1. The molecule has 5 heteroatoms. The first-order chi connectivity index (χ1) is 7.79. The lowest BCUT2D eigenvalue weighted by atomic mass is 9.71. The van der Waals surface area contributed by atoms with E-state index in [0.717, 1.165) is 25.7 Å². The van der Waals surface area contributed by atoms with Gasteiger partial charge in [-0.15, -0.1) is 0 Å². The molecule has 86 valence electrons. The minimum Gasteiger partial charge on any atom is -0.375 e. The van der Waals surface area contributed by atoms with Crippen LogP contribution in [-0.4, -0.2) is 33.2 Å². The maximum atomic E-state index is 12.1. The van der Waals surface area contributed by atoms with Crippen molar-refractivity contribution in [2.75, 3.05) is 6.61 Å². The summed E-state index contributed by atoms with van der Waals surface area (Å²) in [5, 5.41) is 6.37. The van der Waals surface area contributed by atoms with Crippen LogP contribution < -0.4 is 0 Å². The van der Waals surface area contributed by atoms with Crippen LogP contribution in [0.25, 0.3) is 0 Å². The van der Waals surface area contributed by atoms with Crippen molar-refractivity contribution in [2.24, 2.45) is 5.92 Å². The molecule has 2 heterocycles. The van der Waals surface area contributed by atoms with Crippen LogP contribution in [0.1, 0.15) is 42.7 Å². The molecule has 1 saturated heterocycles. The van der Waals surface area contributed by atoms with Crippen LogP contribution >= 0.6 is 0 Å². The van der Waals surface area contributed by atoms with Gasteiger partial charge < -0.3 is 4.74 Å².